The number of allylic oxidation sites excluding steroid dienone is 4. The second kappa shape index (κ2) is 26.0. The molecule has 4 fully saturated rings. The number of methoxy groups -OCH3 is 3. The minimum Gasteiger partial charge on any atom is -0.465 e. The Labute approximate surface area is 407 Å². The molecule has 0 radical (unpaired) electrons. The molecule has 1 aliphatic carbocycles. The first kappa shape index (κ1) is 55.4. The smallest absolute Gasteiger partial charge is 0.329 e. The first-order valence-corrected chi connectivity index (χ1v) is 26.7. The molecule has 2 bridgehead atoms. The number of amides is 1. The van der Waals surface area contributed by atoms with Gasteiger partial charge in [-0.1, -0.05) is 45.9 Å². The van der Waals surface area contributed by atoms with Crippen molar-refractivity contribution in [2.24, 2.45) is 29.6 Å². The molecular weight excluding hydrogens is 899 g/mol. The molecule has 1 saturated carbocycles. The van der Waals surface area contributed by atoms with E-state index in [1.54, 1.807) is 38.8 Å². The fourth-order valence-electron chi connectivity index (χ4n) is 10.8. The molecule has 378 valence electrons. The van der Waals surface area contributed by atoms with E-state index in [1.807, 2.05) is 31.7 Å². The molecule has 4 unspecified atom stereocenters. The maximum atomic E-state index is 14.5. The van der Waals surface area contributed by atoms with Crippen molar-refractivity contribution in [1.29, 1.82) is 0 Å². The summed E-state index contributed by atoms with van der Waals surface area (Å²) in [5, 5.41) is 24.3. The number of nitrogens with zero attached hydrogens (tertiary/aromatic N) is 1. The van der Waals surface area contributed by atoms with Crippen LogP contribution in [0.2, 0.25) is 0 Å². The Kier molecular flexibility index (Phi) is 21.5. The summed E-state index contributed by atoms with van der Waals surface area (Å²) in [6, 6.07) is -1.14. The monoisotopic (exact) mass is 977 g/mol. The van der Waals surface area contributed by atoms with Gasteiger partial charge >= 0.3 is 11.9 Å². The standard InChI is InChI=1S/C51H79NO13S2/c1-10-14-36-24-30(2)23-31(3)25-41(61-8)46-42(62-9)27-33(5)51(59,65-46)47(55)48(56)52-19-12-11-15-37(52)49(57)64-45(34(6)38(53)29-39(36)54)32(4)26-35-16-17-43(40(28-35)60-7)66-21-13-22-67-44-18-20-63-50(44)58/h10,24,26,30-31,33-35,37-38,40-46,53,59H,1,11-23,25,27-29H2,2-9H3/t30?,31-,33+,34+,35-,37-,38-,40+,41-,42-,43?,44?,45+,46?,51+/m0/s1. The minimum absolute atomic E-state index is 0.0157. The third-order valence-electron chi connectivity index (χ3n) is 14.7. The molecule has 16 heteroatoms. The van der Waals surface area contributed by atoms with Gasteiger partial charge in [-0.3, -0.25) is 19.2 Å². The Hall–Kier alpha value is -2.57. The predicted octanol–water partition coefficient (Wildman–Crippen LogP) is 6.82. The van der Waals surface area contributed by atoms with Crippen LogP contribution in [-0.4, -0.2) is 149 Å². The second-order valence-electron chi connectivity index (χ2n) is 19.8. The zero-order valence-corrected chi connectivity index (χ0v) is 42.8. The molecule has 0 spiro atoms. The molecule has 3 saturated heterocycles. The fourth-order valence-corrected chi connectivity index (χ4v) is 13.4. The van der Waals surface area contributed by atoms with Gasteiger partial charge in [0.25, 0.3) is 11.7 Å². The molecule has 67 heavy (non-hydrogen) atoms. The van der Waals surface area contributed by atoms with Gasteiger partial charge < -0.3 is 43.5 Å². The van der Waals surface area contributed by atoms with Gasteiger partial charge in [0.2, 0.25) is 5.79 Å². The molecule has 14 nitrogen and oxygen atoms in total. The van der Waals surface area contributed by atoms with Gasteiger partial charge in [0, 0.05) is 57.8 Å². The number of carbonyl (C=O) groups is 5. The highest BCUT2D eigenvalue weighted by atomic mass is 32.2. The molecule has 1 amide bonds. The van der Waals surface area contributed by atoms with E-state index in [0.29, 0.717) is 55.1 Å². The fraction of sp³-hybridized carbons (Fsp3) is 0.784. The van der Waals surface area contributed by atoms with Crippen LogP contribution in [0, 0.1) is 29.6 Å². The lowest BCUT2D eigenvalue weighted by molar-refractivity contribution is -0.302. The second-order valence-corrected chi connectivity index (χ2v) is 22.4. The average molecular weight is 978 g/mol. The van der Waals surface area contributed by atoms with Gasteiger partial charge in [-0.25, -0.2) is 4.79 Å². The van der Waals surface area contributed by atoms with Crippen LogP contribution in [0.5, 0.6) is 0 Å². The van der Waals surface area contributed by atoms with E-state index < -0.39 is 71.8 Å². The van der Waals surface area contributed by atoms with Crippen LogP contribution < -0.4 is 0 Å². The number of carbonyl (C=O) groups excluding carboxylic acids is 5. The number of hydrogen-bond acceptors (Lipinski definition) is 15. The molecule has 0 aromatic rings. The van der Waals surface area contributed by atoms with Gasteiger partial charge in [0.1, 0.15) is 23.5 Å². The number of ether oxygens (including phenoxy) is 6. The van der Waals surface area contributed by atoms with Crippen molar-refractivity contribution in [3.63, 3.8) is 0 Å². The van der Waals surface area contributed by atoms with Gasteiger partial charge in [-0.05, 0) is 118 Å². The van der Waals surface area contributed by atoms with E-state index in [9.17, 15) is 34.2 Å². The lowest BCUT2D eigenvalue weighted by Gasteiger charge is -2.47. The quantitative estimate of drug-likeness (QED) is 0.0848. The lowest BCUT2D eigenvalue weighted by atomic mass is 9.81. The minimum atomic E-state index is -2.51. The van der Waals surface area contributed by atoms with Crippen molar-refractivity contribution in [2.75, 3.05) is 46.0 Å². The number of thioether (sulfide) groups is 2. The molecule has 4 heterocycles. The number of cyclic esters (lactones) is 2. The van der Waals surface area contributed by atoms with Crippen LogP contribution in [0.15, 0.2) is 36.0 Å². The summed E-state index contributed by atoms with van der Waals surface area (Å²) in [6.45, 7) is 13.9. The molecular formula is C51H79NO13S2. The highest BCUT2D eigenvalue weighted by Gasteiger charge is 2.56. The first-order chi connectivity index (χ1) is 31.9. The Balaban J connectivity index is 1.42. The van der Waals surface area contributed by atoms with Crippen molar-refractivity contribution in [2.45, 2.75) is 177 Å². The zero-order valence-electron chi connectivity index (χ0n) is 41.2. The van der Waals surface area contributed by atoms with Crippen LogP contribution in [0.25, 0.3) is 0 Å². The van der Waals surface area contributed by atoms with Crippen molar-refractivity contribution >= 4 is 52.9 Å². The van der Waals surface area contributed by atoms with Crippen molar-refractivity contribution in [3.05, 3.63) is 36.0 Å². The Bertz CT molecular complexity index is 1770. The van der Waals surface area contributed by atoms with Crippen LogP contribution in [0.1, 0.15) is 118 Å². The number of fused-ring (bicyclic) bond motifs is 3. The number of aliphatic hydroxyl groups is 2. The predicted molar refractivity (Wildman–Crippen MR) is 259 cm³/mol. The molecule has 0 aromatic carbocycles. The molecule has 5 aliphatic rings. The normalized spacial score (nSPS) is 38.1. The van der Waals surface area contributed by atoms with Crippen LogP contribution in [0.4, 0.5) is 0 Å². The van der Waals surface area contributed by atoms with E-state index in [2.05, 4.69) is 19.6 Å². The summed E-state index contributed by atoms with van der Waals surface area (Å²) in [6.07, 6.45) is 8.53. The van der Waals surface area contributed by atoms with Gasteiger partial charge in [0.15, 0.2) is 5.78 Å². The third kappa shape index (κ3) is 14.3. The molecule has 2 N–H and O–H groups in total. The Morgan fingerprint density at radius 3 is 2.27 bits per heavy atom. The van der Waals surface area contributed by atoms with E-state index in [0.717, 1.165) is 43.6 Å². The van der Waals surface area contributed by atoms with Crippen LogP contribution in [0.3, 0.4) is 0 Å². The van der Waals surface area contributed by atoms with Gasteiger partial charge in [0.05, 0.1) is 31.0 Å². The average Bonchev–Trinajstić information content (AvgIpc) is 3.73. The Morgan fingerprint density at radius 1 is 0.896 bits per heavy atom. The van der Waals surface area contributed by atoms with Crippen LogP contribution >= 0.6 is 23.5 Å². The first-order valence-electron chi connectivity index (χ1n) is 24.6. The molecule has 4 aliphatic heterocycles. The summed E-state index contributed by atoms with van der Waals surface area (Å²) in [7, 11) is 4.80. The third-order valence-corrected chi connectivity index (χ3v) is 17.5. The largest absolute Gasteiger partial charge is 0.465 e. The number of piperidine rings is 1. The van der Waals surface area contributed by atoms with Crippen molar-refractivity contribution in [3.8, 4) is 0 Å². The number of ketones is 2. The Morgan fingerprint density at radius 2 is 1.60 bits per heavy atom. The molecule has 15 atom stereocenters. The lowest BCUT2D eigenvalue weighted by Crippen LogP contribution is -2.64. The summed E-state index contributed by atoms with van der Waals surface area (Å²) in [5.41, 5.74) is 1.25. The summed E-state index contributed by atoms with van der Waals surface area (Å²) < 4.78 is 35.6. The van der Waals surface area contributed by atoms with E-state index in [1.165, 1.54) is 19.1 Å². The van der Waals surface area contributed by atoms with E-state index in [-0.39, 0.29) is 66.7 Å². The maximum Gasteiger partial charge on any atom is 0.329 e. The van der Waals surface area contributed by atoms with Crippen molar-refractivity contribution in [1.82, 2.24) is 4.90 Å². The topological polar surface area (TPSA) is 184 Å². The van der Waals surface area contributed by atoms with E-state index in [4.69, 9.17) is 28.4 Å². The number of esters is 2. The van der Waals surface area contributed by atoms with Gasteiger partial charge in [-0.2, -0.15) is 11.8 Å². The molecule has 0 aromatic heterocycles. The molecule has 5 rings (SSSR count). The van der Waals surface area contributed by atoms with E-state index >= 15 is 0 Å². The SMILES string of the molecule is C=CCC1=CC(C)C[C@H](C)C[C@H](OC)C2O[C@@](O)(C(=O)C(=O)N3CCCC[C@H]3C(=O)O[C@H](C(C)=C[C@@H]3CCC(SCCCSC4CCOC4=O)[C@H](OC)C3)[C@H](C)[C@@H](O)CC1=O)[C@H](C)C[C@@H]2OC. The maximum absolute atomic E-state index is 14.5. The van der Waals surface area contributed by atoms with Crippen LogP contribution in [-0.2, 0) is 52.4 Å². The number of Topliss-reactive ketones (excluding diaryl/α,β-unsaturated/α-hetero) is 2. The summed E-state index contributed by atoms with van der Waals surface area (Å²) in [5.74, 6) is -5.44. The summed E-state index contributed by atoms with van der Waals surface area (Å²) in [4.78, 5) is 70.4. The number of rotatable bonds is 13. The number of hydrogen-bond donors (Lipinski definition) is 2. The highest BCUT2D eigenvalue weighted by molar-refractivity contribution is 8.01. The number of aliphatic hydroxyl groups excluding tert-OH is 1. The summed E-state index contributed by atoms with van der Waals surface area (Å²) >= 11 is 3.57. The highest BCUT2D eigenvalue weighted by Crippen LogP contribution is 2.40. The zero-order chi connectivity index (χ0) is 49.0. The van der Waals surface area contributed by atoms with Gasteiger partial charge in [-0.15, -0.1) is 18.3 Å². The van der Waals surface area contributed by atoms with Crippen molar-refractivity contribution < 1.29 is 62.6 Å².